The number of carbonyl (C=O) groups excluding carboxylic acids is 1. The second-order valence-electron chi connectivity index (χ2n) is 6.27. The molecule has 3 aliphatic heterocycles. The van der Waals surface area contributed by atoms with Gasteiger partial charge in [0.15, 0.2) is 0 Å². The minimum Gasteiger partial charge on any atom is -0.374 e. The quantitative estimate of drug-likeness (QED) is 0.802. The summed E-state index contributed by atoms with van der Waals surface area (Å²) in [5, 5.41) is 0. The number of hydrogen-bond acceptors (Lipinski definition) is 3. The van der Waals surface area contributed by atoms with E-state index in [1.54, 1.807) is 0 Å². The Morgan fingerprint density at radius 2 is 2.17 bits per heavy atom. The number of nitrogens with zero attached hydrogens (tertiary/aromatic N) is 1. The molecule has 0 aromatic carbocycles. The third kappa shape index (κ3) is 2.05. The summed E-state index contributed by atoms with van der Waals surface area (Å²) >= 11 is 0. The SMILES string of the molecule is CC1CCN(C(=O)C2CC3CCC2O3)C(CN)C1. The molecule has 3 rings (SSSR count). The Labute approximate surface area is 109 Å². The van der Waals surface area contributed by atoms with Gasteiger partial charge in [0.05, 0.1) is 18.1 Å². The molecule has 3 fully saturated rings. The molecular formula is C14H24N2O2. The Balaban J connectivity index is 1.68. The average molecular weight is 252 g/mol. The summed E-state index contributed by atoms with van der Waals surface area (Å²) in [5.41, 5.74) is 5.84. The average Bonchev–Trinajstić information content (AvgIpc) is 3.00. The fourth-order valence-electron chi connectivity index (χ4n) is 3.88. The van der Waals surface area contributed by atoms with Crippen LogP contribution in [0.5, 0.6) is 0 Å². The van der Waals surface area contributed by atoms with Crippen LogP contribution in [-0.2, 0) is 9.53 Å². The van der Waals surface area contributed by atoms with Crippen molar-refractivity contribution in [3.05, 3.63) is 0 Å². The normalized spacial score (nSPS) is 43.4. The predicted octanol–water partition coefficient (Wildman–Crippen LogP) is 1.14. The number of carbonyl (C=O) groups is 1. The maximum absolute atomic E-state index is 12.7. The van der Waals surface area contributed by atoms with Gasteiger partial charge in [-0.05, 0) is 38.0 Å². The van der Waals surface area contributed by atoms with Gasteiger partial charge in [0, 0.05) is 19.1 Å². The van der Waals surface area contributed by atoms with Crippen molar-refractivity contribution in [1.29, 1.82) is 0 Å². The number of likely N-dealkylation sites (tertiary alicyclic amines) is 1. The largest absolute Gasteiger partial charge is 0.374 e. The molecular weight excluding hydrogens is 228 g/mol. The van der Waals surface area contributed by atoms with E-state index in [-0.39, 0.29) is 18.1 Å². The van der Waals surface area contributed by atoms with Gasteiger partial charge in [0.2, 0.25) is 5.91 Å². The zero-order valence-electron chi connectivity index (χ0n) is 11.2. The Bertz CT molecular complexity index is 334. The molecule has 102 valence electrons. The molecule has 4 heteroatoms. The van der Waals surface area contributed by atoms with Crippen molar-refractivity contribution < 1.29 is 9.53 Å². The van der Waals surface area contributed by atoms with Gasteiger partial charge in [0.25, 0.3) is 0 Å². The van der Waals surface area contributed by atoms with Crippen LogP contribution >= 0.6 is 0 Å². The van der Waals surface area contributed by atoms with Gasteiger partial charge >= 0.3 is 0 Å². The van der Waals surface area contributed by atoms with Crippen molar-refractivity contribution in [2.75, 3.05) is 13.1 Å². The van der Waals surface area contributed by atoms with Crippen molar-refractivity contribution >= 4 is 5.91 Å². The molecule has 0 aromatic heterocycles. The summed E-state index contributed by atoms with van der Waals surface area (Å²) in [4.78, 5) is 14.7. The maximum atomic E-state index is 12.7. The fraction of sp³-hybridized carbons (Fsp3) is 0.929. The third-order valence-corrected chi connectivity index (χ3v) is 4.96. The van der Waals surface area contributed by atoms with Crippen LogP contribution in [0.1, 0.15) is 39.0 Å². The standard InChI is InChI=1S/C14H24N2O2/c1-9-4-5-16(10(6-9)8-15)14(17)12-7-11-2-3-13(12)18-11/h9-13H,2-8,15H2,1H3. The molecule has 3 aliphatic rings. The van der Waals surface area contributed by atoms with Gasteiger partial charge in [-0.3, -0.25) is 4.79 Å². The maximum Gasteiger partial charge on any atom is 0.228 e. The van der Waals surface area contributed by atoms with Crippen molar-refractivity contribution in [3.8, 4) is 0 Å². The molecule has 3 saturated heterocycles. The van der Waals surface area contributed by atoms with E-state index in [9.17, 15) is 4.79 Å². The van der Waals surface area contributed by atoms with E-state index in [0.29, 0.717) is 24.5 Å². The Morgan fingerprint density at radius 3 is 2.78 bits per heavy atom. The third-order valence-electron chi connectivity index (χ3n) is 4.96. The molecule has 0 aromatic rings. The van der Waals surface area contributed by atoms with Gasteiger partial charge in [0.1, 0.15) is 0 Å². The van der Waals surface area contributed by atoms with Crippen LogP contribution in [0.2, 0.25) is 0 Å². The van der Waals surface area contributed by atoms with Crippen LogP contribution in [0.3, 0.4) is 0 Å². The Hall–Kier alpha value is -0.610. The van der Waals surface area contributed by atoms with Gasteiger partial charge in [-0.15, -0.1) is 0 Å². The van der Waals surface area contributed by atoms with E-state index in [2.05, 4.69) is 11.8 Å². The first-order valence-corrected chi connectivity index (χ1v) is 7.35. The number of ether oxygens (including phenoxy) is 1. The molecule has 0 aliphatic carbocycles. The van der Waals surface area contributed by atoms with Gasteiger partial charge < -0.3 is 15.4 Å². The summed E-state index contributed by atoms with van der Waals surface area (Å²) in [5.74, 6) is 1.12. The minimum absolute atomic E-state index is 0.117. The summed E-state index contributed by atoms with van der Waals surface area (Å²) in [6.07, 6.45) is 5.87. The van der Waals surface area contributed by atoms with Crippen LogP contribution in [0.25, 0.3) is 0 Å². The lowest BCUT2D eigenvalue weighted by Crippen LogP contribution is -2.52. The molecule has 5 atom stereocenters. The lowest BCUT2D eigenvalue weighted by molar-refractivity contribution is -0.141. The van der Waals surface area contributed by atoms with Crippen LogP contribution in [0.4, 0.5) is 0 Å². The number of fused-ring (bicyclic) bond motifs is 2. The highest BCUT2D eigenvalue weighted by Gasteiger charge is 2.46. The number of rotatable bonds is 2. The molecule has 3 heterocycles. The van der Waals surface area contributed by atoms with Crippen molar-refractivity contribution in [3.63, 3.8) is 0 Å². The smallest absolute Gasteiger partial charge is 0.228 e. The summed E-state index contributed by atoms with van der Waals surface area (Å²) in [6, 6.07) is 0.250. The molecule has 5 unspecified atom stereocenters. The number of piperidine rings is 1. The monoisotopic (exact) mass is 252 g/mol. The summed E-state index contributed by atoms with van der Waals surface area (Å²) in [7, 11) is 0. The first-order chi connectivity index (χ1) is 8.69. The van der Waals surface area contributed by atoms with Gasteiger partial charge in [-0.25, -0.2) is 0 Å². The minimum atomic E-state index is 0.117. The van der Waals surface area contributed by atoms with Crippen LogP contribution < -0.4 is 5.73 Å². The second kappa shape index (κ2) is 4.82. The highest BCUT2D eigenvalue weighted by molar-refractivity contribution is 5.80. The van der Waals surface area contributed by atoms with Crippen molar-refractivity contribution in [2.45, 2.75) is 57.3 Å². The van der Waals surface area contributed by atoms with E-state index in [1.165, 1.54) is 0 Å². The number of amides is 1. The molecule has 0 radical (unpaired) electrons. The van der Waals surface area contributed by atoms with E-state index in [0.717, 1.165) is 38.6 Å². The van der Waals surface area contributed by atoms with Crippen LogP contribution in [-0.4, -0.2) is 42.1 Å². The first-order valence-electron chi connectivity index (χ1n) is 7.35. The molecule has 0 spiro atoms. The molecule has 4 nitrogen and oxygen atoms in total. The topological polar surface area (TPSA) is 55.6 Å². The van der Waals surface area contributed by atoms with Crippen LogP contribution in [0, 0.1) is 11.8 Å². The first kappa shape index (κ1) is 12.4. The predicted molar refractivity (Wildman–Crippen MR) is 69.0 cm³/mol. The summed E-state index contributed by atoms with van der Waals surface area (Å²) in [6.45, 7) is 3.73. The molecule has 2 bridgehead atoms. The lowest BCUT2D eigenvalue weighted by atomic mass is 9.85. The van der Waals surface area contributed by atoms with E-state index in [1.807, 2.05) is 0 Å². The highest BCUT2D eigenvalue weighted by Crippen LogP contribution is 2.40. The Kier molecular flexibility index (Phi) is 3.32. The zero-order chi connectivity index (χ0) is 12.7. The van der Waals surface area contributed by atoms with Crippen molar-refractivity contribution in [2.24, 2.45) is 17.6 Å². The van der Waals surface area contributed by atoms with E-state index >= 15 is 0 Å². The Morgan fingerprint density at radius 1 is 1.33 bits per heavy atom. The van der Waals surface area contributed by atoms with Crippen molar-refractivity contribution in [1.82, 2.24) is 4.90 Å². The molecule has 18 heavy (non-hydrogen) atoms. The summed E-state index contributed by atoms with van der Waals surface area (Å²) < 4.78 is 5.81. The molecule has 0 saturated carbocycles. The molecule has 2 N–H and O–H groups in total. The zero-order valence-corrected chi connectivity index (χ0v) is 11.2. The van der Waals surface area contributed by atoms with E-state index < -0.39 is 0 Å². The van der Waals surface area contributed by atoms with Gasteiger partial charge in [-0.2, -0.15) is 0 Å². The highest BCUT2D eigenvalue weighted by atomic mass is 16.5. The second-order valence-corrected chi connectivity index (χ2v) is 6.27. The lowest BCUT2D eigenvalue weighted by Gasteiger charge is -2.40. The number of hydrogen-bond donors (Lipinski definition) is 1. The van der Waals surface area contributed by atoms with Gasteiger partial charge in [-0.1, -0.05) is 6.92 Å². The van der Waals surface area contributed by atoms with E-state index in [4.69, 9.17) is 10.5 Å². The number of nitrogens with two attached hydrogens (primary N) is 1. The van der Waals surface area contributed by atoms with Crippen LogP contribution in [0.15, 0.2) is 0 Å². The molecule has 1 amide bonds. The fourth-order valence-corrected chi connectivity index (χ4v) is 3.88.